The summed E-state index contributed by atoms with van der Waals surface area (Å²) in [5, 5.41) is 15.3. The molecule has 10 heteroatoms. The van der Waals surface area contributed by atoms with Gasteiger partial charge in [-0.25, -0.2) is 4.39 Å². The predicted octanol–water partition coefficient (Wildman–Crippen LogP) is 4.30. The van der Waals surface area contributed by atoms with Gasteiger partial charge in [-0.2, -0.15) is 4.52 Å². The molecule has 0 saturated carbocycles. The van der Waals surface area contributed by atoms with Crippen LogP contribution in [0.2, 0.25) is 0 Å². The number of hydrogen-bond donors (Lipinski definition) is 1. The lowest BCUT2D eigenvalue weighted by molar-refractivity contribution is -0.123. The number of ether oxygens (including phenoxy) is 3. The van der Waals surface area contributed by atoms with Crippen molar-refractivity contribution in [3.63, 3.8) is 0 Å². The maximum Gasteiger partial charge on any atom is 0.258 e. The van der Waals surface area contributed by atoms with Gasteiger partial charge in [-0.15, -0.1) is 15.3 Å². The van der Waals surface area contributed by atoms with Crippen LogP contribution >= 0.6 is 0 Å². The Morgan fingerprint density at radius 2 is 1.54 bits per heavy atom. The fourth-order valence-corrected chi connectivity index (χ4v) is 3.40. The number of aromatic nitrogens is 4. The number of hydrogen-bond acceptors (Lipinski definition) is 7. The first-order chi connectivity index (χ1) is 18.1. The molecule has 0 aliphatic carbocycles. The van der Waals surface area contributed by atoms with Crippen molar-refractivity contribution >= 4 is 11.6 Å². The van der Waals surface area contributed by atoms with E-state index in [-0.39, 0.29) is 31.5 Å². The zero-order valence-electron chi connectivity index (χ0n) is 19.6. The molecule has 0 spiro atoms. The van der Waals surface area contributed by atoms with Gasteiger partial charge in [0.1, 0.15) is 29.7 Å². The van der Waals surface area contributed by atoms with Crippen LogP contribution in [0.5, 0.6) is 23.1 Å². The Morgan fingerprint density at radius 3 is 2.32 bits per heavy atom. The lowest BCUT2D eigenvalue weighted by Crippen LogP contribution is -2.32. The lowest BCUT2D eigenvalue weighted by Gasteiger charge is -2.10. The van der Waals surface area contributed by atoms with E-state index in [1.807, 2.05) is 30.3 Å². The van der Waals surface area contributed by atoms with E-state index < -0.39 is 0 Å². The second-order valence-corrected chi connectivity index (χ2v) is 7.85. The van der Waals surface area contributed by atoms with Gasteiger partial charge in [0.2, 0.25) is 5.88 Å². The summed E-state index contributed by atoms with van der Waals surface area (Å²) >= 11 is 0. The van der Waals surface area contributed by atoms with Crippen molar-refractivity contribution in [1.29, 1.82) is 0 Å². The van der Waals surface area contributed by atoms with Gasteiger partial charge < -0.3 is 19.5 Å². The maximum absolute atomic E-state index is 13.2. The topological polar surface area (TPSA) is 99.9 Å². The average Bonchev–Trinajstić information content (AvgIpc) is 3.35. The number of para-hydroxylation sites is 1. The van der Waals surface area contributed by atoms with E-state index in [2.05, 4.69) is 20.6 Å². The molecule has 5 aromatic rings. The summed E-state index contributed by atoms with van der Waals surface area (Å²) in [4.78, 5) is 12.1. The van der Waals surface area contributed by atoms with Gasteiger partial charge in [-0.05, 0) is 66.7 Å². The van der Waals surface area contributed by atoms with Gasteiger partial charge in [0, 0.05) is 11.6 Å². The normalized spacial score (nSPS) is 10.7. The number of benzene rings is 3. The quantitative estimate of drug-likeness (QED) is 0.286. The first kappa shape index (κ1) is 23.7. The summed E-state index contributed by atoms with van der Waals surface area (Å²) < 4.78 is 31.7. The Bertz CT molecular complexity index is 1480. The first-order valence-electron chi connectivity index (χ1n) is 11.5. The van der Waals surface area contributed by atoms with E-state index in [1.54, 1.807) is 48.5 Å². The highest BCUT2D eigenvalue weighted by Crippen LogP contribution is 2.23. The molecule has 0 saturated heterocycles. The standard InChI is InChI=1S/C27H22FN5O4/c28-20-8-6-19(7-9-20)27-31-30-24-14-15-26(32-33(24)27)35-17-16-29-25(34)18-36-21-10-12-23(13-11-21)37-22-4-2-1-3-5-22/h1-15H,16-18H2,(H,29,34). The third-order valence-electron chi connectivity index (χ3n) is 5.19. The maximum atomic E-state index is 13.2. The van der Waals surface area contributed by atoms with Crippen LogP contribution < -0.4 is 19.5 Å². The number of amides is 1. The minimum Gasteiger partial charge on any atom is -0.484 e. The molecule has 0 bridgehead atoms. The van der Waals surface area contributed by atoms with Gasteiger partial charge >= 0.3 is 0 Å². The van der Waals surface area contributed by atoms with Crippen molar-refractivity contribution in [2.75, 3.05) is 19.8 Å². The molecule has 0 unspecified atom stereocenters. The number of carbonyl (C=O) groups excluding carboxylic acids is 1. The van der Waals surface area contributed by atoms with Gasteiger partial charge in [-0.1, -0.05) is 18.2 Å². The molecular formula is C27H22FN5O4. The van der Waals surface area contributed by atoms with Gasteiger partial charge in [0.25, 0.3) is 5.91 Å². The molecule has 2 aromatic heterocycles. The molecule has 1 amide bonds. The summed E-state index contributed by atoms with van der Waals surface area (Å²) in [7, 11) is 0. The van der Waals surface area contributed by atoms with Crippen molar-refractivity contribution < 1.29 is 23.4 Å². The van der Waals surface area contributed by atoms with Gasteiger partial charge in [0.05, 0.1) is 6.54 Å². The van der Waals surface area contributed by atoms with Gasteiger partial charge in [-0.3, -0.25) is 4.79 Å². The smallest absolute Gasteiger partial charge is 0.258 e. The number of nitrogens with zero attached hydrogens (tertiary/aromatic N) is 4. The highest BCUT2D eigenvalue weighted by Gasteiger charge is 2.11. The van der Waals surface area contributed by atoms with Crippen LogP contribution in [-0.4, -0.2) is 45.5 Å². The van der Waals surface area contributed by atoms with Crippen LogP contribution in [0.25, 0.3) is 17.0 Å². The summed E-state index contributed by atoms with van der Waals surface area (Å²) in [6, 6.07) is 25.7. The molecule has 0 atom stereocenters. The average molecular weight is 500 g/mol. The number of halogens is 1. The first-order valence-corrected chi connectivity index (χ1v) is 11.5. The summed E-state index contributed by atoms with van der Waals surface area (Å²) in [5.41, 5.74) is 1.20. The summed E-state index contributed by atoms with van der Waals surface area (Å²) in [5.74, 6) is 2.13. The summed E-state index contributed by atoms with van der Waals surface area (Å²) in [6.45, 7) is 0.327. The predicted molar refractivity (Wildman–Crippen MR) is 133 cm³/mol. The number of carbonyl (C=O) groups is 1. The number of rotatable bonds is 10. The molecular weight excluding hydrogens is 477 g/mol. The third-order valence-corrected chi connectivity index (χ3v) is 5.19. The van der Waals surface area contributed by atoms with E-state index in [9.17, 15) is 9.18 Å². The molecule has 0 radical (unpaired) electrons. The van der Waals surface area contributed by atoms with Crippen molar-refractivity contribution in [3.8, 4) is 34.5 Å². The third kappa shape index (κ3) is 6.17. The van der Waals surface area contributed by atoms with Crippen molar-refractivity contribution in [2.45, 2.75) is 0 Å². The van der Waals surface area contributed by atoms with Crippen LogP contribution in [0.1, 0.15) is 0 Å². The minimum absolute atomic E-state index is 0.134. The van der Waals surface area contributed by atoms with Crippen LogP contribution in [-0.2, 0) is 4.79 Å². The van der Waals surface area contributed by atoms with Crippen molar-refractivity contribution in [1.82, 2.24) is 25.1 Å². The van der Waals surface area contributed by atoms with Crippen LogP contribution in [0.3, 0.4) is 0 Å². The zero-order valence-corrected chi connectivity index (χ0v) is 19.6. The minimum atomic E-state index is -0.339. The Labute approximate surface area is 211 Å². The second kappa shape index (κ2) is 11.2. The van der Waals surface area contributed by atoms with Crippen molar-refractivity contribution in [3.05, 3.63) is 96.8 Å². The molecule has 0 fully saturated rings. The molecule has 0 aliphatic rings. The van der Waals surface area contributed by atoms with Crippen LogP contribution in [0, 0.1) is 5.82 Å². The van der Waals surface area contributed by atoms with Gasteiger partial charge in [0.15, 0.2) is 18.1 Å². The molecule has 2 heterocycles. The Kier molecular flexibility index (Phi) is 7.16. The monoisotopic (exact) mass is 499 g/mol. The molecule has 0 aliphatic heterocycles. The molecule has 186 valence electrons. The molecule has 9 nitrogen and oxygen atoms in total. The Balaban J connectivity index is 1.07. The molecule has 5 rings (SSSR count). The number of fused-ring (bicyclic) bond motifs is 1. The fraction of sp³-hybridized carbons (Fsp3) is 0.111. The van der Waals surface area contributed by atoms with E-state index in [0.717, 1.165) is 5.75 Å². The van der Waals surface area contributed by atoms with E-state index in [1.165, 1.54) is 16.6 Å². The van der Waals surface area contributed by atoms with Crippen LogP contribution in [0.4, 0.5) is 4.39 Å². The largest absolute Gasteiger partial charge is 0.484 e. The molecule has 1 N–H and O–H groups in total. The SMILES string of the molecule is O=C(COc1ccc(Oc2ccccc2)cc1)NCCOc1ccc2nnc(-c3ccc(F)cc3)n2n1. The highest BCUT2D eigenvalue weighted by molar-refractivity contribution is 5.77. The van der Waals surface area contributed by atoms with E-state index >= 15 is 0 Å². The lowest BCUT2D eigenvalue weighted by atomic mass is 10.2. The Morgan fingerprint density at radius 1 is 0.811 bits per heavy atom. The van der Waals surface area contributed by atoms with Crippen molar-refractivity contribution in [2.24, 2.45) is 0 Å². The highest BCUT2D eigenvalue weighted by atomic mass is 19.1. The zero-order chi connectivity index (χ0) is 25.5. The Hall–Kier alpha value is -4.99. The fourth-order valence-electron chi connectivity index (χ4n) is 3.40. The van der Waals surface area contributed by atoms with Crippen LogP contribution in [0.15, 0.2) is 91.0 Å². The number of nitrogens with one attached hydrogen (secondary N) is 1. The van der Waals surface area contributed by atoms with E-state index in [4.69, 9.17) is 14.2 Å². The second-order valence-electron chi connectivity index (χ2n) is 7.85. The molecule has 37 heavy (non-hydrogen) atoms. The summed E-state index contributed by atoms with van der Waals surface area (Å²) in [6.07, 6.45) is 0. The van der Waals surface area contributed by atoms with E-state index in [0.29, 0.717) is 34.4 Å². The molecule has 3 aromatic carbocycles.